The predicted octanol–water partition coefficient (Wildman–Crippen LogP) is 2.07. The number of aromatic nitrogens is 4. The first-order valence-corrected chi connectivity index (χ1v) is 7.89. The van der Waals surface area contributed by atoms with E-state index in [1.165, 1.54) is 0 Å². The van der Waals surface area contributed by atoms with Gasteiger partial charge in [0.2, 0.25) is 0 Å². The van der Waals surface area contributed by atoms with Crippen molar-refractivity contribution in [1.29, 1.82) is 0 Å². The molecule has 0 aliphatic carbocycles. The Kier molecular flexibility index (Phi) is 5.44. The van der Waals surface area contributed by atoms with Crippen LogP contribution in [0.5, 0.6) is 0 Å². The van der Waals surface area contributed by atoms with Gasteiger partial charge in [0.15, 0.2) is 0 Å². The molecule has 0 amide bonds. The SMILES string of the molecule is CCc1nn(CC)c(CC(NN)c2ccnc(C)n2)c1Br. The summed E-state index contributed by atoms with van der Waals surface area (Å²) in [5.41, 5.74) is 5.94. The lowest BCUT2D eigenvalue weighted by Crippen LogP contribution is -2.31. The number of hydrogen-bond donors (Lipinski definition) is 2. The first-order chi connectivity index (χ1) is 10.1. The fraction of sp³-hybridized carbons (Fsp3) is 0.500. The molecule has 2 rings (SSSR count). The highest BCUT2D eigenvalue weighted by molar-refractivity contribution is 9.10. The van der Waals surface area contributed by atoms with Crippen LogP contribution in [-0.4, -0.2) is 19.7 Å². The van der Waals surface area contributed by atoms with E-state index in [9.17, 15) is 0 Å². The Balaban J connectivity index is 2.32. The van der Waals surface area contributed by atoms with Gasteiger partial charge in [0.25, 0.3) is 0 Å². The molecule has 6 nitrogen and oxygen atoms in total. The third-order valence-electron chi connectivity index (χ3n) is 3.45. The van der Waals surface area contributed by atoms with Crippen molar-refractivity contribution >= 4 is 15.9 Å². The van der Waals surface area contributed by atoms with Gasteiger partial charge in [-0.25, -0.2) is 9.97 Å². The summed E-state index contributed by atoms with van der Waals surface area (Å²) >= 11 is 3.66. The maximum atomic E-state index is 5.73. The maximum Gasteiger partial charge on any atom is 0.125 e. The summed E-state index contributed by atoms with van der Waals surface area (Å²) in [5, 5.41) is 4.61. The summed E-state index contributed by atoms with van der Waals surface area (Å²) in [4.78, 5) is 8.58. The maximum absolute atomic E-state index is 5.73. The standard InChI is InChI=1S/C14H21BrN6/c1-4-10-14(15)13(21(5-2)20-10)8-12(19-16)11-6-7-17-9(3)18-11/h6-7,12,19H,4-5,8,16H2,1-3H3. The van der Waals surface area contributed by atoms with E-state index in [-0.39, 0.29) is 6.04 Å². The first-order valence-electron chi connectivity index (χ1n) is 7.10. The summed E-state index contributed by atoms with van der Waals surface area (Å²) in [5.74, 6) is 6.47. The number of hydrogen-bond acceptors (Lipinski definition) is 5. The molecule has 1 atom stereocenters. The van der Waals surface area contributed by atoms with Gasteiger partial charge in [-0.3, -0.25) is 16.0 Å². The van der Waals surface area contributed by atoms with Crippen molar-refractivity contribution in [2.75, 3.05) is 0 Å². The van der Waals surface area contributed by atoms with Crippen LogP contribution in [0.1, 0.15) is 42.8 Å². The van der Waals surface area contributed by atoms with Crippen LogP contribution in [0.15, 0.2) is 16.7 Å². The summed E-state index contributed by atoms with van der Waals surface area (Å²) in [6.45, 7) is 6.89. The third-order valence-corrected chi connectivity index (χ3v) is 4.36. The average Bonchev–Trinajstić information content (AvgIpc) is 2.80. The summed E-state index contributed by atoms with van der Waals surface area (Å²) in [7, 11) is 0. The normalized spacial score (nSPS) is 12.6. The molecule has 0 saturated carbocycles. The lowest BCUT2D eigenvalue weighted by atomic mass is 10.1. The van der Waals surface area contributed by atoms with Gasteiger partial charge in [-0.2, -0.15) is 5.10 Å². The van der Waals surface area contributed by atoms with Crippen molar-refractivity contribution in [3.8, 4) is 0 Å². The van der Waals surface area contributed by atoms with Crippen LogP contribution in [0.2, 0.25) is 0 Å². The van der Waals surface area contributed by atoms with Crippen LogP contribution in [0.3, 0.4) is 0 Å². The zero-order valence-corrected chi connectivity index (χ0v) is 14.2. The Labute approximate surface area is 133 Å². The number of nitrogens with two attached hydrogens (primary N) is 1. The van der Waals surface area contributed by atoms with Crippen LogP contribution in [0, 0.1) is 6.92 Å². The van der Waals surface area contributed by atoms with Gasteiger partial charge in [0.1, 0.15) is 5.82 Å². The third kappa shape index (κ3) is 3.48. The molecule has 2 heterocycles. The molecule has 114 valence electrons. The Hall–Kier alpha value is -1.31. The first kappa shape index (κ1) is 16.1. The van der Waals surface area contributed by atoms with Crippen molar-refractivity contribution in [3.63, 3.8) is 0 Å². The van der Waals surface area contributed by atoms with E-state index in [2.05, 4.69) is 50.3 Å². The molecule has 7 heteroatoms. The van der Waals surface area contributed by atoms with E-state index in [4.69, 9.17) is 5.84 Å². The second-order valence-electron chi connectivity index (χ2n) is 4.83. The van der Waals surface area contributed by atoms with Crippen LogP contribution in [0.4, 0.5) is 0 Å². The molecule has 0 fully saturated rings. The van der Waals surface area contributed by atoms with Crippen molar-refractivity contribution in [1.82, 2.24) is 25.2 Å². The van der Waals surface area contributed by atoms with Gasteiger partial charge in [0, 0.05) is 19.2 Å². The fourth-order valence-electron chi connectivity index (χ4n) is 2.32. The number of hydrazine groups is 1. The van der Waals surface area contributed by atoms with Crippen LogP contribution in [0.25, 0.3) is 0 Å². The molecule has 0 aliphatic rings. The van der Waals surface area contributed by atoms with E-state index in [0.717, 1.165) is 40.3 Å². The van der Waals surface area contributed by atoms with Crippen LogP contribution >= 0.6 is 15.9 Å². The highest BCUT2D eigenvalue weighted by Crippen LogP contribution is 2.26. The summed E-state index contributed by atoms with van der Waals surface area (Å²) in [6.07, 6.45) is 3.37. The van der Waals surface area contributed by atoms with Gasteiger partial charge < -0.3 is 0 Å². The Morgan fingerprint density at radius 3 is 2.76 bits per heavy atom. The molecule has 0 radical (unpaired) electrons. The molecule has 0 bridgehead atoms. The van der Waals surface area contributed by atoms with Crippen molar-refractivity contribution in [3.05, 3.63) is 39.6 Å². The molecule has 2 aromatic heterocycles. The molecule has 2 aromatic rings. The van der Waals surface area contributed by atoms with Crippen molar-refractivity contribution in [2.45, 2.75) is 46.2 Å². The highest BCUT2D eigenvalue weighted by atomic mass is 79.9. The van der Waals surface area contributed by atoms with Gasteiger partial charge in [-0.1, -0.05) is 6.92 Å². The minimum absolute atomic E-state index is 0.0743. The largest absolute Gasteiger partial charge is 0.271 e. The van der Waals surface area contributed by atoms with E-state index in [0.29, 0.717) is 6.42 Å². The van der Waals surface area contributed by atoms with Crippen molar-refractivity contribution in [2.24, 2.45) is 5.84 Å². The monoisotopic (exact) mass is 352 g/mol. The number of nitrogens with one attached hydrogen (secondary N) is 1. The quantitative estimate of drug-likeness (QED) is 0.614. The molecular weight excluding hydrogens is 332 g/mol. The van der Waals surface area contributed by atoms with Crippen LogP contribution in [-0.2, 0) is 19.4 Å². The Morgan fingerprint density at radius 2 is 2.19 bits per heavy atom. The average molecular weight is 353 g/mol. The molecule has 0 aliphatic heterocycles. The lowest BCUT2D eigenvalue weighted by Gasteiger charge is -2.16. The molecular formula is C14H21BrN6. The van der Waals surface area contributed by atoms with Gasteiger partial charge in [-0.05, 0) is 42.3 Å². The molecule has 0 aromatic carbocycles. The number of nitrogens with zero attached hydrogens (tertiary/aromatic N) is 4. The highest BCUT2D eigenvalue weighted by Gasteiger charge is 2.20. The lowest BCUT2D eigenvalue weighted by molar-refractivity contribution is 0.504. The van der Waals surface area contributed by atoms with E-state index < -0.39 is 0 Å². The fourth-order valence-corrected chi connectivity index (χ4v) is 3.05. The second kappa shape index (κ2) is 7.11. The second-order valence-corrected chi connectivity index (χ2v) is 5.62. The molecule has 0 saturated heterocycles. The minimum atomic E-state index is -0.0743. The van der Waals surface area contributed by atoms with Gasteiger partial charge in [0.05, 0.1) is 27.6 Å². The van der Waals surface area contributed by atoms with E-state index >= 15 is 0 Å². The van der Waals surface area contributed by atoms with Gasteiger partial charge in [-0.15, -0.1) is 0 Å². The summed E-state index contributed by atoms with van der Waals surface area (Å²) < 4.78 is 3.08. The van der Waals surface area contributed by atoms with Crippen LogP contribution < -0.4 is 11.3 Å². The minimum Gasteiger partial charge on any atom is -0.271 e. The Morgan fingerprint density at radius 1 is 1.43 bits per heavy atom. The topological polar surface area (TPSA) is 81.7 Å². The van der Waals surface area contributed by atoms with E-state index in [1.807, 2.05) is 17.7 Å². The number of aryl methyl sites for hydroxylation is 3. The Bertz CT molecular complexity index is 610. The molecule has 1 unspecified atom stereocenters. The molecule has 0 spiro atoms. The zero-order valence-electron chi connectivity index (χ0n) is 12.6. The summed E-state index contributed by atoms with van der Waals surface area (Å²) in [6, 6.07) is 1.81. The number of halogens is 1. The molecule has 21 heavy (non-hydrogen) atoms. The van der Waals surface area contributed by atoms with Crippen molar-refractivity contribution < 1.29 is 0 Å². The zero-order chi connectivity index (χ0) is 15.4. The smallest absolute Gasteiger partial charge is 0.125 e. The predicted molar refractivity (Wildman–Crippen MR) is 85.5 cm³/mol. The molecule has 3 N–H and O–H groups in total. The van der Waals surface area contributed by atoms with Gasteiger partial charge >= 0.3 is 0 Å². The number of rotatable bonds is 6. The van der Waals surface area contributed by atoms with E-state index in [1.54, 1.807) is 6.20 Å².